The molecule has 1 saturated carbocycles. The Morgan fingerprint density at radius 3 is 2.72 bits per heavy atom. The predicted octanol–water partition coefficient (Wildman–Crippen LogP) is 4.17. The molecule has 1 N–H and O–H groups in total. The highest BCUT2D eigenvalue weighted by molar-refractivity contribution is 14.0. The first kappa shape index (κ1) is 20.5. The molecule has 2 heterocycles. The fraction of sp³-hybridized carbons (Fsp3) is 0.700. The summed E-state index contributed by atoms with van der Waals surface area (Å²) < 4.78 is 0. The number of aliphatic imine (C=N–C) groups is 1. The Morgan fingerprint density at radius 1 is 1.24 bits per heavy atom. The summed E-state index contributed by atoms with van der Waals surface area (Å²) in [5.41, 5.74) is 2.92. The van der Waals surface area contributed by atoms with Gasteiger partial charge in [0.1, 0.15) is 0 Å². The van der Waals surface area contributed by atoms with Gasteiger partial charge in [-0.2, -0.15) is 0 Å². The first-order valence-electron chi connectivity index (χ1n) is 9.66. The van der Waals surface area contributed by atoms with E-state index < -0.39 is 0 Å². The normalized spacial score (nSPS) is 19.8. The molecular formula is C20H33IN4. The van der Waals surface area contributed by atoms with E-state index in [2.05, 4.69) is 34.3 Å². The molecule has 4 nitrogen and oxygen atoms in total. The number of rotatable bonds is 4. The highest BCUT2D eigenvalue weighted by Crippen LogP contribution is 2.43. The summed E-state index contributed by atoms with van der Waals surface area (Å²) in [5, 5.41) is 3.50. The number of nitrogens with zero attached hydrogens (tertiary/aromatic N) is 3. The molecule has 0 amide bonds. The monoisotopic (exact) mass is 456 g/mol. The summed E-state index contributed by atoms with van der Waals surface area (Å²) in [5.74, 6) is 1.11. The van der Waals surface area contributed by atoms with Gasteiger partial charge in [-0.1, -0.05) is 25.3 Å². The fourth-order valence-corrected chi connectivity index (χ4v) is 4.19. The van der Waals surface area contributed by atoms with Crippen LogP contribution in [-0.4, -0.2) is 42.0 Å². The molecule has 1 aliphatic carbocycles. The number of guanidine groups is 1. The number of aromatic nitrogens is 1. The molecule has 0 aromatic carbocycles. The zero-order valence-electron chi connectivity index (χ0n) is 15.8. The molecule has 140 valence electrons. The third-order valence-corrected chi connectivity index (χ3v) is 5.62. The maximum absolute atomic E-state index is 4.89. The number of hydrogen-bond donors (Lipinski definition) is 1. The number of hydrogen-bond acceptors (Lipinski definition) is 2. The van der Waals surface area contributed by atoms with Crippen LogP contribution < -0.4 is 5.32 Å². The molecule has 1 aromatic rings. The van der Waals surface area contributed by atoms with E-state index in [1.54, 1.807) is 0 Å². The maximum Gasteiger partial charge on any atom is 0.193 e. The third-order valence-electron chi connectivity index (χ3n) is 5.62. The number of pyridine rings is 1. The topological polar surface area (TPSA) is 40.5 Å². The standard InChI is InChI=1S/C20H32N4.HI/c1-3-21-19(22-13-9-18-8-7-17(2)23-15-18)24-14-12-20(16-24)10-5-4-6-11-20;/h7-8,15H,3-6,9-14,16H2,1-2H3,(H,21,22);1H. The third kappa shape index (κ3) is 5.56. The number of aryl methyl sites for hydroxylation is 1. The highest BCUT2D eigenvalue weighted by Gasteiger charge is 2.39. The molecule has 1 aliphatic heterocycles. The van der Waals surface area contributed by atoms with Gasteiger partial charge in [-0.25, -0.2) is 0 Å². The zero-order valence-corrected chi connectivity index (χ0v) is 18.1. The summed E-state index contributed by atoms with van der Waals surface area (Å²) in [7, 11) is 0. The second kappa shape index (κ2) is 9.74. The summed E-state index contributed by atoms with van der Waals surface area (Å²) in [6, 6.07) is 4.25. The Bertz CT molecular complexity index is 549. The SMILES string of the molecule is CCNC(=NCCc1ccc(C)nc1)N1CCC2(CCCCC2)C1.I. The van der Waals surface area contributed by atoms with E-state index in [0.717, 1.165) is 37.7 Å². The molecule has 25 heavy (non-hydrogen) atoms. The number of halogens is 1. The predicted molar refractivity (Wildman–Crippen MR) is 116 cm³/mol. The average molecular weight is 456 g/mol. The van der Waals surface area contributed by atoms with Gasteiger partial charge in [0.25, 0.3) is 0 Å². The van der Waals surface area contributed by atoms with Crippen molar-refractivity contribution in [3.05, 3.63) is 29.6 Å². The van der Waals surface area contributed by atoms with Crippen molar-refractivity contribution in [3.63, 3.8) is 0 Å². The van der Waals surface area contributed by atoms with Crippen molar-refractivity contribution in [2.75, 3.05) is 26.2 Å². The smallest absolute Gasteiger partial charge is 0.193 e. The molecule has 0 unspecified atom stereocenters. The van der Waals surface area contributed by atoms with Crippen LogP contribution in [0.2, 0.25) is 0 Å². The quantitative estimate of drug-likeness (QED) is 0.420. The van der Waals surface area contributed by atoms with Gasteiger partial charge in [0, 0.05) is 38.1 Å². The Hall–Kier alpha value is -0.850. The molecule has 1 aromatic heterocycles. The van der Waals surface area contributed by atoms with Gasteiger partial charge < -0.3 is 10.2 Å². The molecule has 1 saturated heterocycles. The van der Waals surface area contributed by atoms with Crippen LogP contribution in [0.5, 0.6) is 0 Å². The van der Waals surface area contributed by atoms with Crippen LogP contribution in [0.4, 0.5) is 0 Å². The van der Waals surface area contributed by atoms with Crippen molar-refractivity contribution in [2.45, 2.75) is 58.8 Å². The second-order valence-electron chi connectivity index (χ2n) is 7.53. The first-order chi connectivity index (χ1) is 11.7. The van der Waals surface area contributed by atoms with Crippen molar-refractivity contribution in [3.8, 4) is 0 Å². The van der Waals surface area contributed by atoms with E-state index in [-0.39, 0.29) is 24.0 Å². The fourth-order valence-electron chi connectivity index (χ4n) is 4.19. The number of likely N-dealkylation sites (tertiary alicyclic amines) is 1. The number of nitrogens with one attached hydrogen (secondary N) is 1. The molecule has 1 spiro atoms. The van der Waals surface area contributed by atoms with Crippen molar-refractivity contribution in [1.29, 1.82) is 0 Å². The van der Waals surface area contributed by atoms with Gasteiger partial charge in [-0.3, -0.25) is 9.98 Å². The Kier molecular flexibility index (Phi) is 7.97. The second-order valence-corrected chi connectivity index (χ2v) is 7.53. The van der Waals surface area contributed by atoms with Crippen LogP contribution in [-0.2, 0) is 6.42 Å². The van der Waals surface area contributed by atoms with Crippen LogP contribution in [0.15, 0.2) is 23.3 Å². The molecule has 3 rings (SSSR count). The van der Waals surface area contributed by atoms with Crippen LogP contribution >= 0.6 is 24.0 Å². The molecule has 0 atom stereocenters. The van der Waals surface area contributed by atoms with E-state index in [4.69, 9.17) is 4.99 Å². The largest absolute Gasteiger partial charge is 0.357 e. The lowest BCUT2D eigenvalue weighted by Gasteiger charge is -2.33. The summed E-state index contributed by atoms with van der Waals surface area (Å²) >= 11 is 0. The lowest BCUT2D eigenvalue weighted by Crippen LogP contribution is -2.41. The van der Waals surface area contributed by atoms with Crippen molar-refractivity contribution in [2.24, 2.45) is 10.4 Å². The van der Waals surface area contributed by atoms with E-state index in [0.29, 0.717) is 5.41 Å². The van der Waals surface area contributed by atoms with Gasteiger partial charge in [0.05, 0.1) is 0 Å². The van der Waals surface area contributed by atoms with Crippen LogP contribution in [0.1, 0.15) is 56.7 Å². The lowest BCUT2D eigenvalue weighted by molar-refractivity contribution is 0.203. The maximum atomic E-state index is 4.89. The van der Waals surface area contributed by atoms with E-state index in [1.807, 2.05) is 13.1 Å². The summed E-state index contributed by atoms with van der Waals surface area (Å²) in [6.45, 7) is 8.32. The molecule has 5 heteroatoms. The Balaban J connectivity index is 0.00000225. The Morgan fingerprint density at radius 2 is 2.04 bits per heavy atom. The molecule has 2 fully saturated rings. The van der Waals surface area contributed by atoms with Crippen LogP contribution in [0.25, 0.3) is 0 Å². The molecule has 0 bridgehead atoms. The van der Waals surface area contributed by atoms with Gasteiger partial charge in [-0.05, 0) is 56.6 Å². The molecule has 0 radical (unpaired) electrons. The van der Waals surface area contributed by atoms with Crippen LogP contribution in [0, 0.1) is 12.3 Å². The molecule has 2 aliphatic rings. The zero-order chi connectivity index (χ0) is 16.8. The Labute approximate surface area is 169 Å². The summed E-state index contributed by atoms with van der Waals surface area (Å²) in [4.78, 5) is 11.8. The van der Waals surface area contributed by atoms with Crippen molar-refractivity contribution < 1.29 is 0 Å². The van der Waals surface area contributed by atoms with Crippen molar-refractivity contribution in [1.82, 2.24) is 15.2 Å². The lowest BCUT2D eigenvalue weighted by atomic mass is 9.73. The van der Waals surface area contributed by atoms with Crippen LogP contribution in [0.3, 0.4) is 0 Å². The molecular weight excluding hydrogens is 423 g/mol. The average Bonchev–Trinajstić information content (AvgIpc) is 3.00. The van der Waals surface area contributed by atoms with E-state index in [1.165, 1.54) is 50.6 Å². The van der Waals surface area contributed by atoms with Gasteiger partial charge in [0.2, 0.25) is 0 Å². The van der Waals surface area contributed by atoms with Crippen molar-refractivity contribution >= 4 is 29.9 Å². The summed E-state index contributed by atoms with van der Waals surface area (Å²) in [6.07, 6.45) is 11.4. The minimum atomic E-state index is 0. The van der Waals surface area contributed by atoms with E-state index in [9.17, 15) is 0 Å². The van der Waals surface area contributed by atoms with Gasteiger partial charge in [-0.15, -0.1) is 24.0 Å². The van der Waals surface area contributed by atoms with Gasteiger partial charge >= 0.3 is 0 Å². The van der Waals surface area contributed by atoms with Gasteiger partial charge in [0.15, 0.2) is 5.96 Å². The minimum Gasteiger partial charge on any atom is -0.357 e. The van der Waals surface area contributed by atoms with E-state index >= 15 is 0 Å². The highest BCUT2D eigenvalue weighted by atomic mass is 127. The minimum absolute atomic E-state index is 0. The first-order valence-corrected chi connectivity index (χ1v) is 9.66.